The Hall–Kier alpha value is -0.620. The third-order valence-corrected chi connectivity index (χ3v) is 6.45. The quantitative estimate of drug-likeness (QED) is 0.769. The first-order chi connectivity index (χ1) is 10.3. The number of likely N-dealkylation sites (tertiary alicyclic amines) is 2. The molecule has 0 aliphatic carbocycles. The first-order valence-electron chi connectivity index (χ1n) is 8.50. The molecule has 0 saturated carbocycles. The number of sulfone groups is 1. The summed E-state index contributed by atoms with van der Waals surface area (Å²) in [6.45, 7) is 6.94. The second-order valence-electron chi connectivity index (χ2n) is 7.05. The summed E-state index contributed by atoms with van der Waals surface area (Å²) < 4.78 is 22.9. The predicted octanol–water partition coefficient (Wildman–Crippen LogP) is 1.68. The molecule has 2 heterocycles. The molecule has 0 N–H and O–H groups in total. The SMILES string of the molecule is CC[C@H](C)N1CCC[C@@]2(CCC(=O)N2CCS(C)(=O)=O)CC1. The monoisotopic (exact) mass is 330 g/mol. The van der Waals surface area contributed by atoms with Gasteiger partial charge in [0.15, 0.2) is 0 Å². The maximum atomic E-state index is 12.3. The Balaban J connectivity index is 2.08. The van der Waals surface area contributed by atoms with Crippen molar-refractivity contribution in [1.29, 1.82) is 0 Å². The van der Waals surface area contributed by atoms with E-state index in [1.165, 1.54) is 6.26 Å². The lowest BCUT2D eigenvalue weighted by atomic mass is 9.88. The highest BCUT2D eigenvalue weighted by molar-refractivity contribution is 7.90. The van der Waals surface area contributed by atoms with Crippen LogP contribution in [0.25, 0.3) is 0 Å². The maximum absolute atomic E-state index is 12.3. The molecule has 0 aromatic rings. The summed E-state index contributed by atoms with van der Waals surface area (Å²) in [6.07, 6.45) is 6.94. The first kappa shape index (κ1) is 17.7. The summed E-state index contributed by atoms with van der Waals surface area (Å²) in [4.78, 5) is 16.7. The number of hydrogen-bond donors (Lipinski definition) is 0. The van der Waals surface area contributed by atoms with Crippen molar-refractivity contribution in [3.8, 4) is 0 Å². The van der Waals surface area contributed by atoms with Gasteiger partial charge in [0.1, 0.15) is 9.84 Å². The number of carbonyl (C=O) groups is 1. The molecule has 2 rings (SSSR count). The van der Waals surface area contributed by atoms with Crippen molar-refractivity contribution in [2.45, 2.75) is 64.0 Å². The highest BCUT2D eigenvalue weighted by atomic mass is 32.2. The van der Waals surface area contributed by atoms with Crippen molar-refractivity contribution >= 4 is 15.7 Å². The lowest BCUT2D eigenvalue weighted by Crippen LogP contribution is -2.48. The van der Waals surface area contributed by atoms with Crippen LogP contribution in [-0.4, -0.2) is 67.3 Å². The lowest BCUT2D eigenvalue weighted by Gasteiger charge is -2.38. The highest BCUT2D eigenvalue weighted by Crippen LogP contribution is 2.39. The van der Waals surface area contributed by atoms with Crippen LogP contribution in [0.1, 0.15) is 52.4 Å². The molecule has 2 atom stereocenters. The maximum Gasteiger partial charge on any atom is 0.223 e. The summed E-state index contributed by atoms with van der Waals surface area (Å²) >= 11 is 0. The third-order valence-electron chi connectivity index (χ3n) is 5.53. The Morgan fingerprint density at radius 3 is 2.59 bits per heavy atom. The normalized spacial score (nSPS) is 29.0. The van der Waals surface area contributed by atoms with Crippen LogP contribution in [-0.2, 0) is 14.6 Å². The minimum absolute atomic E-state index is 0.0789. The zero-order valence-electron chi connectivity index (χ0n) is 14.2. The summed E-state index contributed by atoms with van der Waals surface area (Å²) in [7, 11) is -3.03. The van der Waals surface area contributed by atoms with Crippen LogP contribution in [0, 0.1) is 0 Å². The Labute approximate surface area is 135 Å². The number of amides is 1. The van der Waals surface area contributed by atoms with E-state index in [2.05, 4.69) is 18.7 Å². The number of hydrogen-bond acceptors (Lipinski definition) is 4. The van der Waals surface area contributed by atoms with E-state index < -0.39 is 9.84 Å². The molecular weight excluding hydrogens is 300 g/mol. The second-order valence-corrected chi connectivity index (χ2v) is 9.31. The van der Waals surface area contributed by atoms with Crippen LogP contribution in [0.2, 0.25) is 0 Å². The molecule has 6 heteroatoms. The minimum atomic E-state index is -3.03. The second kappa shape index (κ2) is 6.87. The number of carbonyl (C=O) groups excluding carboxylic acids is 1. The molecule has 2 fully saturated rings. The summed E-state index contributed by atoms with van der Waals surface area (Å²) in [5.41, 5.74) is -0.0933. The zero-order valence-corrected chi connectivity index (χ0v) is 15.0. The molecule has 0 unspecified atom stereocenters. The van der Waals surface area contributed by atoms with Crippen LogP contribution in [0.15, 0.2) is 0 Å². The van der Waals surface area contributed by atoms with Crippen molar-refractivity contribution in [3.63, 3.8) is 0 Å². The fourth-order valence-electron chi connectivity index (χ4n) is 3.91. The van der Waals surface area contributed by atoms with Gasteiger partial charge in [0, 0.05) is 37.3 Å². The topological polar surface area (TPSA) is 57.7 Å². The Bertz CT molecular complexity index is 506. The van der Waals surface area contributed by atoms with E-state index in [9.17, 15) is 13.2 Å². The molecule has 5 nitrogen and oxygen atoms in total. The van der Waals surface area contributed by atoms with Gasteiger partial charge in [0.2, 0.25) is 5.91 Å². The summed E-state index contributed by atoms with van der Waals surface area (Å²) in [5, 5.41) is 0. The van der Waals surface area contributed by atoms with Crippen LogP contribution in [0.5, 0.6) is 0 Å². The van der Waals surface area contributed by atoms with Crippen molar-refractivity contribution in [1.82, 2.24) is 9.80 Å². The van der Waals surface area contributed by atoms with Gasteiger partial charge >= 0.3 is 0 Å². The average Bonchev–Trinajstić information content (AvgIpc) is 2.62. The molecule has 0 bridgehead atoms. The third kappa shape index (κ3) is 4.02. The van der Waals surface area contributed by atoms with E-state index in [-0.39, 0.29) is 17.2 Å². The van der Waals surface area contributed by atoms with Crippen molar-refractivity contribution in [2.24, 2.45) is 0 Å². The molecular formula is C16H30N2O3S. The van der Waals surface area contributed by atoms with Crippen LogP contribution >= 0.6 is 0 Å². The summed E-state index contributed by atoms with van der Waals surface area (Å²) in [6, 6.07) is 0.580. The molecule has 2 saturated heterocycles. The van der Waals surface area contributed by atoms with Crippen LogP contribution in [0.3, 0.4) is 0 Å². The molecule has 2 aliphatic rings. The van der Waals surface area contributed by atoms with Gasteiger partial charge in [-0.15, -0.1) is 0 Å². The smallest absolute Gasteiger partial charge is 0.223 e. The van der Waals surface area contributed by atoms with Gasteiger partial charge in [-0.1, -0.05) is 6.92 Å². The van der Waals surface area contributed by atoms with E-state index >= 15 is 0 Å². The molecule has 0 aromatic carbocycles. The Morgan fingerprint density at radius 2 is 1.95 bits per heavy atom. The van der Waals surface area contributed by atoms with Gasteiger partial charge in [0.25, 0.3) is 0 Å². The van der Waals surface area contributed by atoms with E-state index in [0.29, 0.717) is 19.0 Å². The number of rotatable bonds is 5. The largest absolute Gasteiger partial charge is 0.336 e. The zero-order chi connectivity index (χ0) is 16.4. The van der Waals surface area contributed by atoms with E-state index in [4.69, 9.17) is 0 Å². The fraction of sp³-hybridized carbons (Fsp3) is 0.938. The van der Waals surface area contributed by atoms with E-state index in [0.717, 1.165) is 45.2 Å². The minimum Gasteiger partial charge on any atom is -0.336 e. The van der Waals surface area contributed by atoms with Gasteiger partial charge < -0.3 is 9.80 Å². The highest BCUT2D eigenvalue weighted by Gasteiger charge is 2.45. The summed E-state index contributed by atoms with van der Waals surface area (Å²) in [5.74, 6) is 0.218. The van der Waals surface area contributed by atoms with Gasteiger partial charge in [0.05, 0.1) is 5.75 Å². The number of nitrogens with zero attached hydrogens (tertiary/aromatic N) is 2. The first-order valence-corrected chi connectivity index (χ1v) is 10.6. The van der Waals surface area contributed by atoms with Crippen molar-refractivity contribution in [2.75, 3.05) is 31.6 Å². The van der Waals surface area contributed by atoms with E-state index in [1.807, 2.05) is 4.90 Å². The Morgan fingerprint density at radius 1 is 1.23 bits per heavy atom. The van der Waals surface area contributed by atoms with Crippen molar-refractivity contribution < 1.29 is 13.2 Å². The van der Waals surface area contributed by atoms with Crippen molar-refractivity contribution in [3.05, 3.63) is 0 Å². The molecule has 0 aromatic heterocycles. The van der Waals surface area contributed by atoms with Gasteiger partial charge in [-0.3, -0.25) is 4.79 Å². The van der Waals surface area contributed by atoms with Gasteiger partial charge in [-0.25, -0.2) is 8.42 Å². The standard InChI is InChI=1S/C16H30N2O3S/c1-4-14(2)17-10-5-7-16(9-11-17)8-6-15(19)18(16)12-13-22(3,20)21/h14H,4-13H2,1-3H3/t14-,16+/m0/s1. The van der Waals surface area contributed by atoms with Gasteiger partial charge in [-0.2, -0.15) is 0 Å². The molecule has 128 valence electrons. The van der Waals surface area contributed by atoms with Crippen LogP contribution in [0.4, 0.5) is 0 Å². The Kier molecular flexibility index (Phi) is 5.54. The molecule has 2 aliphatic heterocycles. The average molecular weight is 330 g/mol. The van der Waals surface area contributed by atoms with Crippen LogP contribution < -0.4 is 0 Å². The molecule has 1 amide bonds. The van der Waals surface area contributed by atoms with Gasteiger partial charge in [-0.05, 0) is 45.6 Å². The molecule has 22 heavy (non-hydrogen) atoms. The fourth-order valence-corrected chi connectivity index (χ4v) is 4.43. The lowest BCUT2D eigenvalue weighted by molar-refractivity contribution is -0.131. The molecule has 1 spiro atoms. The van der Waals surface area contributed by atoms with E-state index in [1.54, 1.807) is 0 Å². The predicted molar refractivity (Wildman–Crippen MR) is 88.6 cm³/mol. The molecule has 0 radical (unpaired) electrons.